The highest BCUT2D eigenvalue weighted by atomic mass is 32.2. The molecule has 9 atom stereocenters. The number of para-hydroxylation sites is 1. The van der Waals surface area contributed by atoms with Gasteiger partial charge in [0.25, 0.3) is 0 Å². The summed E-state index contributed by atoms with van der Waals surface area (Å²) in [6.07, 6.45) is -1.30. The molecule has 1 saturated heterocycles. The molecule has 7 amide bonds. The number of hydrogen-bond acceptors (Lipinski definition) is 14. The normalized spacial score (nSPS) is 23.8. The zero-order valence-corrected chi connectivity index (χ0v) is 35.5. The molecule has 340 valence electrons. The highest BCUT2D eigenvalue weighted by molar-refractivity contribution is 7.99. The third kappa shape index (κ3) is 12.9. The van der Waals surface area contributed by atoms with E-state index in [0.29, 0.717) is 27.9 Å². The largest absolute Gasteiger partial charge is 0.480 e. The number of likely N-dealkylation sites (tertiary alicyclic amines) is 1. The van der Waals surface area contributed by atoms with Gasteiger partial charge in [-0.2, -0.15) is 4.91 Å². The zero-order chi connectivity index (χ0) is 45.7. The van der Waals surface area contributed by atoms with Crippen LogP contribution in [-0.4, -0.2) is 153 Å². The Hall–Kier alpha value is -5.65. The molecule has 12 N–H and O–H groups in total. The fourth-order valence-electron chi connectivity index (χ4n) is 7.12. The highest BCUT2D eigenvalue weighted by Gasteiger charge is 2.42. The summed E-state index contributed by atoms with van der Waals surface area (Å²) in [5.74, 6) is -8.14. The monoisotopic (exact) mass is 888 g/mol. The van der Waals surface area contributed by atoms with E-state index in [2.05, 4.69) is 42.1 Å². The van der Waals surface area contributed by atoms with E-state index in [4.69, 9.17) is 5.73 Å². The molecular formula is C39H56N10O12S. The molecule has 23 heteroatoms. The van der Waals surface area contributed by atoms with Gasteiger partial charge < -0.3 is 62.8 Å². The number of carbonyl (C=O) groups is 8. The van der Waals surface area contributed by atoms with Gasteiger partial charge in [0, 0.05) is 42.6 Å². The maximum Gasteiger partial charge on any atom is 0.326 e. The molecule has 0 aliphatic carbocycles. The Balaban J connectivity index is 1.75. The number of aliphatic hydroxyl groups is 2. The van der Waals surface area contributed by atoms with E-state index in [9.17, 15) is 58.6 Å². The lowest BCUT2D eigenvalue weighted by Crippen LogP contribution is -2.58. The first-order chi connectivity index (χ1) is 29.5. The highest BCUT2D eigenvalue weighted by Crippen LogP contribution is 2.32. The number of aliphatic carboxylic acids is 1. The van der Waals surface area contributed by atoms with Gasteiger partial charge in [-0.15, -0.1) is 11.8 Å². The average molecular weight is 889 g/mol. The first kappa shape index (κ1) is 49.0. The number of carbonyl (C=O) groups excluding carboxylic acids is 7. The van der Waals surface area contributed by atoms with Gasteiger partial charge in [-0.1, -0.05) is 50.6 Å². The van der Waals surface area contributed by atoms with Crippen LogP contribution in [0.4, 0.5) is 0 Å². The molecule has 2 aliphatic heterocycles. The van der Waals surface area contributed by atoms with Crippen LogP contribution >= 0.6 is 11.8 Å². The summed E-state index contributed by atoms with van der Waals surface area (Å²) in [5.41, 5.74) is 7.31. The van der Waals surface area contributed by atoms with E-state index in [-0.39, 0.29) is 44.6 Å². The Bertz CT molecular complexity index is 1980. The second-order valence-electron chi connectivity index (χ2n) is 15.5. The van der Waals surface area contributed by atoms with E-state index < -0.39 is 121 Å². The fourth-order valence-corrected chi connectivity index (χ4v) is 8.23. The van der Waals surface area contributed by atoms with Crippen LogP contribution < -0.4 is 37.6 Å². The molecule has 2 aromatic rings. The number of amides is 7. The molecule has 0 bridgehead atoms. The number of nitrogens with two attached hydrogens (primary N) is 1. The van der Waals surface area contributed by atoms with Crippen LogP contribution in [-0.2, 0) is 44.8 Å². The number of rotatable bonds is 14. The van der Waals surface area contributed by atoms with Crippen LogP contribution in [0.2, 0.25) is 0 Å². The average Bonchev–Trinajstić information content (AvgIpc) is 3.82. The molecule has 62 heavy (non-hydrogen) atoms. The molecule has 22 nitrogen and oxygen atoms in total. The standard InChI is InChI=1S/C39H56N10O12S/c1-4-19(2)32-36(57)42-15-29(52)44-27(34(55)45-25(9-11-43-61)38(58)49-17-21(51)13-28(49)39(59)60)18-62-37-23(22-7-5-6-8-24(22)47-37)14-26(33(54)41-16-30(53)48-32)46-35(56)31(40)20(3)10-12-50/h5-8,19-21,25-28,31-32,47,50-51H,4,9-18,40H2,1-3H3,(H,41,54)(H,42,57)(H,44,52)(H,45,55)(H,46,56)(H,48,53)(H,59,60)/t19-,20-,21+,25-,26-,27-,28-,31-,32-/m0/s1. The summed E-state index contributed by atoms with van der Waals surface area (Å²) in [6.45, 7) is 2.89. The minimum atomic E-state index is -1.50. The molecule has 3 heterocycles. The van der Waals surface area contributed by atoms with Crippen molar-refractivity contribution in [2.24, 2.45) is 22.7 Å². The van der Waals surface area contributed by atoms with Crippen LogP contribution in [0.3, 0.4) is 0 Å². The van der Waals surface area contributed by atoms with Gasteiger partial charge in [0.1, 0.15) is 30.2 Å². The van der Waals surface area contributed by atoms with Gasteiger partial charge in [-0.05, 0) is 36.3 Å². The van der Waals surface area contributed by atoms with Crippen LogP contribution in [0.15, 0.2) is 34.5 Å². The van der Waals surface area contributed by atoms with Gasteiger partial charge in [0.2, 0.25) is 41.4 Å². The molecule has 2 aliphatic rings. The number of carboxylic acids is 1. The number of nitrogens with one attached hydrogen (secondary N) is 7. The zero-order valence-electron chi connectivity index (χ0n) is 34.7. The van der Waals surface area contributed by atoms with Crippen molar-refractivity contribution in [3.63, 3.8) is 0 Å². The molecule has 1 aromatic heterocycles. The van der Waals surface area contributed by atoms with Gasteiger partial charge in [0.05, 0.1) is 36.8 Å². The number of H-pyrrole nitrogens is 1. The number of nitroso groups, excluding NO2 is 1. The maximum atomic E-state index is 14.1. The van der Waals surface area contributed by atoms with E-state index in [1.807, 2.05) is 0 Å². The van der Waals surface area contributed by atoms with Crippen molar-refractivity contribution in [3.8, 4) is 0 Å². The lowest BCUT2D eigenvalue weighted by atomic mass is 9.97. The summed E-state index contributed by atoms with van der Waals surface area (Å²) < 4.78 is 0. The summed E-state index contributed by atoms with van der Waals surface area (Å²) in [6, 6.07) is -0.963. The molecule has 4 rings (SSSR count). The number of thioether (sulfide) groups is 1. The quantitative estimate of drug-likeness (QED) is 0.0881. The predicted molar refractivity (Wildman–Crippen MR) is 224 cm³/mol. The number of benzene rings is 1. The van der Waals surface area contributed by atoms with Crippen molar-refractivity contribution in [1.82, 2.24) is 41.8 Å². The van der Waals surface area contributed by atoms with Crippen molar-refractivity contribution >= 4 is 70.0 Å². The van der Waals surface area contributed by atoms with E-state index in [1.165, 1.54) is 0 Å². The molecule has 0 spiro atoms. The molecule has 0 radical (unpaired) electrons. The van der Waals surface area contributed by atoms with Crippen molar-refractivity contribution in [3.05, 3.63) is 34.7 Å². The second-order valence-corrected chi connectivity index (χ2v) is 16.5. The number of β-amino-alcohol motifs (C(OH)–C–C–N with tert-alkyl or cyclic N) is 1. The summed E-state index contributed by atoms with van der Waals surface area (Å²) in [5, 5.41) is 48.5. The number of fused-ring (bicyclic) bond motifs is 3. The second kappa shape index (κ2) is 23.0. The SMILES string of the molecule is CC[C@H](C)[C@@H]1NC(=O)CNC(=O)[C@@H](NC(=O)[C@@H](N)[C@@H](C)CCO)Cc2c([nH]c3ccccc23)SC[C@@H](C(=O)N[C@@H](CCN=O)C(=O)N2C[C@H](O)C[C@H]2C(=O)O)NC(=O)CNC1=O. The lowest BCUT2D eigenvalue weighted by molar-refractivity contribution is -0.149. The maximum absolute atomic E-state index is 14.1. The minimum Gasteiger partial charge on any atom is -0.480 e. The summed E-state index contributed by atoms with van der Waals surface area (Å²) in [7, 11) is 0. The predicted octanol–water partition coefficient (Wildman–Crippen LogP) is -2.42. The number of nitrogens with zero attached hydrogens (tertiary/aromatic N) is 2. The van der Waals surface area contributed by atoms with Crippen molar-refractivity contribution < 1.29 is 53.7 Å². The first-order valence-electron chi connectivity index (χ1n) is 20.3. The van der Waals surface area contributed by atoms with Gasteiger partial charge in [-0.25, -0.2) is 4.79 Å². The third-order valence-corrected chi connectivity index (χ3v) is 12.1. The number of aromatic amines is 1. The van der Waals surface area contributed by atoms with Crippen LogP contribution in [0, 0.1) is 16.7 Å². The Morgan fingerprint density at radius 1 is 1.02 bits per heavy atom. The number of aliphatic hydroxyl groups excluding tert-OH is 2. The molecule has 1 aromatic carbocycles. The van der Waals surface area contributed by atoms with Crippen LogP contribution in [0.5, 0.6) is 0 Å². The van der Waals surface area contributed by atoms with E-state index >= 15 is 0 Å². The van der Waals surface area contributed by atoms with Gasteiger partial charge >= 0.3 is 5.97 Å². The van der Waals surface area contributed by atoms with Crippen LogP contribution in [0.25, 0.3) is 10.9 Å². The first-order valence-corrected chi connectivity index (χ1v) is 21.3. The Morgan fingerprint density at radius 2 is 1.69 bits per heavy atom. The topological polar surface area (TPSA) is 344 Å². The fraction of sp³-hybridized carbons (Fsp3) is 0.590. The van der Waals surface area contributed by atoms with Gasteiger partial charge in [0.15, 0.2) is 0 Å². The smallest absolute Gasteiger partial charge is 0.326 e. The minimum absolute atomic E-state index is 0.171. The molecule has 1 fully saturated rings. The van der Waals surface area contributed by atoms with Crippen LogP contribution in [0.1, 0.15) is 52.0 Å². The Labute approximate surface area is 361 Å². The molecular weight excluding hydrogens is 833 g/mol. The third-order valence-electron chi connectivity index (χ3n) is 11.0. The number of hydrogen-bond donors (Lipinski definition) is 11. The number of aromatic nitrogens is 1. The van der Waals surface area contributed by atoms with Crippen molar-refractivity contribution in [1.29, 1.82) is 0 Å². The summed E-state index contributed by atoms with van der Waals surface area (Å²) in [4.78, 5) is 123. The lowest BCUT2D eigenvalue weighted by Gasteiger charge is -2.28. The Morgan fingerprint density at radius 3 is 2.35 bits per heavy atom. The molecule has 0 saturated carbocycles. The van der Waals surface area contributed by atoms with E-state index in [1.54, 1.807) is 45.0 Å². The van der Waals surface area contributed by atoms with Gasteiger partial charge in [-0.3, -0.25) is 33.6 Å². The number of carboxylic acid groups (broad SMARTS) is 1. The van der Waals surface area contributed by atoms with Crippen molar-refractivity contribution in [2.45, 2.75) is 100 Å². The Kier molecular flexibility index (Phi) is 18.2. The van der Waals surface area contributed by atoms with Crippen molar-refractivity contribution in [2.75, 3.05) is 38.5 Å². The van der Waals surface area contributed by atoms with E-state index in [0.717, 1.165) is 16.7 Å². The summed E-state index contributed by atoms with van der Waals surface area (Å²) >= 11 is 1.03. The molecule has 0 unspecified atom stereocenters.